The molecule has 0 saturated heterocycles. The first-order chi connectivity index (χ1) is 4.72. The molecule has 0 bridgehead atoms. The van der Waals surface area contributed by atoms with E-state index in [-0.39, 0.29) is 7.43 Å². The average Bonchev–Trinajstić information content (AvgIpc) is 1.98. The number of rotatable bonds is 5. The van der Waals surface area contributed by atoms with Gasteiger partial charge in [-0.25, -0.2) is 0 Å². The zero-order valence-electron chi connectivity index (χ0n) is 7.98. The minimum absolute atomic E-state index is 0. The first-order valence-corrected chi connectivity index (χ1v) is 4.72. The third-order valence-corrected chi connectivity index (χ3v) is 2.63. The number of hydrogen-bond acceptors (Lipinski definition) is 0. The van der Waals surface area contributed by atoms with E-state index in [2.05, 4.69) is 27.7 Å². The molecule has 0 aliphatic carbocycles. The molecule has 0 nitrogen and oxygen atoms in total. The molecule has 0 aliphatic heterocycles. The van der Waals surface area contributed by atoms with Crippen LogP contribution in [0.5, 0.6) is 0 Å². The Kier molecular flexibility index (Phi) is 10.0. The molecular weight excluding hydrogens is 132 g/mol. The SMILES string of the molecule is C.CCCCC(C)C(C)CC. The van der Waals surface area contributed by atoms with Gasteiger partial charge < -0.3 is 0 Å². The zero-order valence-corrected chi connectivity index (χ0v) is 7.98. The zero-order chi connectivity index (χ0) is 7.98. The predicted molar refractivity (Wildman–Crippen MR) is 54.9 cm³/mol. The molecule has 0 spiro atoms. The highest BCUT2D eigenvalue weighted by atomic mass is 14.1. The fourth-order valence-electron chi connectivity index (χ4n) is 1.21. The Labute approximate surface area is 73.4 Å². The topological polar surface area (TPSA) is 0 Å². The summed E-state index contributed by atoms with van der Waals surface area (Å²) in [5, 5.41) is 0. The maximum Gasteiger partial charge on any atom is -0.0417 e. The molecule has 0 saturated carbocycles. The van der Waals surface area contributed by atoms with Gasteiger partial charge in [-0.15, -0.1) is 0 Å². The summed E-state index contributed by atoms with van der Waals surface area (Å²) in [6.45, 7) is 9.29. The van der Waals surface area contributed by atoms with Crippen molar-refractivity contribution >= 4 is 0 Å². The van der Waals surface area contributed by atoms with Gasteiger partial charge in [0.25, 0.3) is 0 Å². The van der Waals surface area contributed by atoms with Crippen molar-refractivity contribution in [2.75, 3.05) is 0 Å². The third kappa shape index (κ3) is 6.40. The molecule has 0 rings (SSSR count). The van der Waals surface area contributed by atoms with Crippen molar-refractivity contribution < 1.29 is 0 Å². The van der Waals surface area contributed by atoms with Gasteiger partial charge in [0.2, 0.25) is 0 Å². The summed E-state index contributed by atoms with van der Waals surface area (Å²) < 4.78 is 0. The van der Waals surface area contributed by atoms with Crippen LogP contribution in [-0.2, 0) is 0 Å². The molecule has 0 radical (unpaired) electrons. The molecule has 2 unspecified atom stereocenters. The van der Waals surface area contributed by atoms with E-state index in [4.69, 9.17) is 0 Å². The van der Waals surface area contributed by atoms with Crippen LogP contribution >= 0.6 is 0 Å². The lowest BCUT2D eigenvalue weighted by atomic mass is 9.89. The number of hydrogen-bond donors (Lipinski definition) is 0. The van der Waals surface area contributed by atoms with Crippen molar-refractivity contribution in [2.45, 2.75) is 60.8 Å². The van der Waals surface area contributed by atoms with E-state index in [0.29, 0.717) is 0 Å². The minimum atomic E-state index is 0. The van der Waals surface area contributed by atoms with Gasteiger partial charge >= 0.3 is 0 Å². The third-order valence-electron chi connectivity index (χ3n) is 2.63. The Balaban J connectivity index is 0. The summed E-state index contributed by atoms with van der Waals surface area (Å²) in [4.78, 5) is 0. The van der Waals surface area contributed by atoms with Crippen LogP contribution in [-0.4, -0.2) is 0 Å². The van der Waals surface area contributed by atoms with Crippen LogP contribution in [0.1, 0.15) is 60.8 Å². The highest BCUT2D eigenvalue weighted by molar-refractivity contribution is 4.59. The van der Waals surface area contributed by atoms with Crippen LogP contribution < -0.4 is 0 Å². The summed E-state index contributed by atoms with van der Waals surface area (Å²) in [6.07, 6.45) is 5.52. The summed E-state index contributed by atoms with van der Waals surface area (Å²) in [6, 6.07) is 0. The number of unbranched alkanes of at least 4 members (excludes halogenated alkanes) is 1. The van der Waals surface area contributed by atoms with E-state index < -0.39 is 0 Å². The molecule has 0 aliphatic rings. The van der Waals surface area contributed by atoms with Gasteiger partial charge in [-0.05, 0) is 11.8 Å². The van der Waals surface area contributed by atoms with Gasteiger partial charge in [0.1, 0.15) is 0 Å². The standard InChI is InChI=1S/C10H22.CH4/c1-5-7-8-10(4)9(3)6-2;/h9-10H,5-8H2,1-4H3;1H4. The maximum atomic E-state index is 2.38. The fourth-order valence-corrected chi connectivity index (χ4v) is 1.21. The van der Waals surface area contributed by atoms with Gasteiger partial charge in [-0.1, -0.05) is 60.8 Å². The Morgan fingerprint density at radius 3 is 1.91 bits per heavy atom. The molecule has 0 heteroatoms. The quantitative estimate of drug-likeness (QED) is 0.553. The summed E-state index contributed by atoms with van der Waals surface area (Å²) in [7, 11) is 0. The predicted octanol–water partition coefficient (Wildman–Crippen LogP) is 4.49. The first kappa shape index (κ1) is 13.6. The van der Waals surface area contributed by atoms with Crippen molar-refractivity contribution in [3.8, 4) is 0 Å². The van der Waals surface area contributed by atoms with E-state index in [9.17, 15) is 0 Å². The van der Waals surface area contributed by atoms with Crippen molar-refractivity contribution in [2.24, 2.45) is 11.8 Å². The van der Waals surface area contributed by atoms with Crippen LogP contribution in [0.4, 0.5) is 0 Å². The molecule has 0 fully saturated rings. The van der Waals surface area contributed by atoms with Gasteiger partial charge in [-0.2, -0.15) is 0 Å². The largest absolute Gasteiger partial charge is 0.0776 e. The molecule has 0 aromatic rings. The molecule has 0 amide bonds. The molecule has 0 aromatic carbocycles. The molecule has 0 heterocycles. The molecule has 11 heavy (non-hydrogen) atoms. The van der Waals surface area contributed by atoms with Crippen LogP contribution in [0.15, 0.2) is 0 Å². The minimum Gasteiger partial charge on any atom is -0.0776 e. The summed E-state index contributed by atoms with van der Waals surface area (Å²) in [5.74, 6) is 1.86. The van der Waals surface area contributed by atoms with Gasteiger partial charge in [0, 0.05) is 0 Å². The monoisotopic (exact) mass is 158 g/mol. The van der Waals surface area contributed by atoms with E-state index in [1.165, 1.54) is 25.7 Å². The van der Waals surface area contributed by atoms with Crippen molar-refractivity contribution in [3.05, 3.63) is 0 Å². The molecule has 70 valence electrons. The average molecular weight is 158 g/mol. The van der Waals surface area contributed by atoms with Gasteiger partial charge in [0.15, 0.2) is 0 Å². The van der Waals surface area contributed by atoms with Crippen molar-refractivity contribution in [1.82, 2.24) is 0 Å². The normalized spacial score (nSPS) is 15.3. The van der Waals surface area contributed by atoms with E-state index in [0.717, 1.165) is 11.8 Å². The molecule has 0 aromatic heterocycles. The Bertz CT molecular complexity index is 66.4. The van der Waals surface area contributed by atoms with E-state index >= 15 is 0 Å². The van der Waals surface area contributed by atoms with Crippen LogP contribution in [0, 0.1) is 11.8 Å². The smallest absolute Gasteiger partial charge is 0.0417 e. The maximum absolute atomic E-state index is 2.38. The van der Waals surface area contributed by atoms with Gasteiger partial charge in [0.05, 0.1) is 0 Å². The van der Waals surface area contributed by atoms with Gasteiger partial charge in [-0.3, -0.25) is 0 Å². The Morgan fingerprint density at radius 2 is 1.55 bits per heavy atom. The fraction of sp³-hybridized carbons (Fsp3) is 1.00. The van der Waals surface area contributed by atoms with E-state index in [1.807, 2.05) is 0 Å². The van der Waals surface area contributed by atoms with E-state index in [1.54, 1.807) is 0 Å². The second-order valence-corrected chi connectivity index (χ2v) is 3.51. The van der Waals surface area contributed by atoms with Crippen LogP contribution in [0.2, 0.25) is 0 Å². The molecule has 0 N–H and O–H groups in total. The summed E-state index contributed by atoms with van der Waals surface area (Å²) >= 11 is 0. The Morgan fingerprint density at radius 1 is 1.00 bits per heavy atom. The second kappa shape index (κ2) is 8.10. The molecular formula is C11H26. The lowest BCUT2D eigenvalue weighted by Crippen LogP contribution is -2.06. The lowest BCUT2D eigenvalue weighted by molar-refractivity contribution is 0.346. The summed E-state index contributed by atoms with van der Waals surface area (Å²) in [5.41, 5.74) is 0. The molecule has 2 atom stereocenters. The van der Waals surface area contributed by atoms with Crippen molar-refractivity contribution in [3.63, 3.8) is 0 Å². The van der Waals surface area contributed by atoms with Crippen molar-refractivity contribution in [1.29, 1.82) is 0 Å². The Hall–Kier alpha value is 0. The van der Waals surface area contributed by atoms with Crippen LogP contribution in [0.3, 0.4) is 0 Å². The second-order valence-electron chi connectivity index (χ2n) is 3.51. The van der Waals surface area contributed by atoms with Crippen LogP contribution in [0.25, 0.3) is 0 Å². The highest BCUT2D eigenvalue weighted by Crippen LogP contribution is 2.19. The lowest BCUT2D eigenvalue weighted by Gasteiger charge is -2.17. The highest BCUT2D eigenvalue weighted by Gasteiger charge is 2.08. The first-order valence-electron chi connectivity index (χ1n) is 4.72.